The van der Waals surface area contributed by atoms with Crippen LogP contribution < -0.4 is 5.73 Å². The lowest BCUT2D eigenvalue weighted by Gasteiger charge is -2.29. The first-order chi connectivity index (χ1) is 13.1. The van der Waals surface area contributed by atoms with Gasteiger partial charge < -0.3 is 15.9 Å². The average Bonchev–Trinajstić information content (AvgIpc) is 2.63. The SMILES string of the molecule is Cc1cc(S(=O)(=O)N(CC(C)C)C[C@@H](O)[C@@H](N)Cc2ccccc2)ccc1O. The van der Waals surface area contributed by atoms with Crippen molar-refractivity contribution in [2.45, 2.75) is 44.2 Å². The minimum atomic E-state index is -3.83. The van der Waals surface area contributed by atoms with E-state index in [9.17, 15) is 18.6 Å². The molecule has 7 heteroatoms. The number of aliphatic hydroxyl groups is 1. The molecule has 154 valence electrons. The number of nitrogens with two attached hydrogens (primary N) is 1. The van der Waals surface area contributed by atoms with Crippen LogP contribution in [0.2, 0.25) is 0 Å². The van der Waals surface area contributed by atoms with Gasteiger partial charge in [-0.15, -0.1) is 0 Å². The lowest BCUT2D eigenvalue weighted by molar-refractivity contribution is 0.116. The first-order valence-corrected chi connectivity index (χ1v) is 10.8. The molecule has 0 fully saturated rings. The van der Waals surface area contributed by atoms with E-state index < -0.39 is 22.2 Å². The summed E-state index contributed by atoms with van der Waals surface area (Å²) in [6.45, 7) is 5.65. The predicted octanol–water partition coefficient (Wildman–Crippen LogP) is 2.28. The van der Waals surface area contributed by atoms with Crippen LogP contribution in [0, 0.1) is 12.8 Å². The fraction of sp³-hybridized carbons (Fsp3) is 0.429. The number of hydrogen-bond donors (Lipinski definition) is 3. The third-order valence-corrected chi connectivity index (χ3v) is 6.40. The molecule has 2 rings (SSSR count). The van der Waals surface area contributed by atoms with Crippen molar-refractivity contribution in [3.05, 3.63) is 59.7 Å². The van der Waals surface area contributed by atoms with Gasteiger partial charge in [-0.25, -0.2) is 8.42 Å². The predicted molar refractivity (Wildman–Crippen MR) is 111 cm³/mol. The molecule has 0 bridgehead atoms. The number of benzene rings is 2. The number of aliphatic hydroxyl groups excluding tert-OH is 1. The molecule has 0 saturated heterocycles. The van der Waals surface area contributed by atoms with Gasteiger partial charge in [-0.3, -0.25) is 0 Å². The maximum absolute atomic E-state index is 13.1. The highest BCUT2D eigenvalue weighted by molar-refractivity contribution is 7.89. The van der Waals surface area contributed by atoms with Gasteiger partial charge in [0.15, 0.2) is 0 Å². The van der Waals surface area contributed by atoms with Crippen molar-refractivity contribution < 1.29 is 18.6 Å². The van der Waals surface area contributed by atoms with Crippen molar-refractivity contribution in [2.24, 2.45) is 11.7 Å². The molecule has 0 aliphatic rings. The molecular weight excluding hydrogens is 376 g/mol. The highest BCUT2D eigenvalue weighted by Crippen LogP contribution is 2.24. The van der Waals surface area contributed by atoms with Gasteiger partial charge >= 0.3 is 0 Å². The summed E-state index contributed by atoms with van der Waals surface area (Å²) in [5.41, 5.74) is 7.62. The van der Waals surface area contributed by atoms with Crippen LogP contribution in [-0.2, 0) is 16.4 Å². The van der Waals surface area contributed by atoms with Crippen molar-refractivity contribution in [3.63, 3.8) is 0 Å². The van der Waals surface area contributed by atoms with Gasteiger partial charge in [-0.1, -0.05) is 44.2 Å². The molecule has 0 aliphatic heterocycles. The minimum Gasteiger partial charge on any atom is -0.508 e. The van der Waals surface area contributed by atoms with Crippen LogP contribution >= 0.6 is 0 Å². The molecule has 4 N–H and O–H groups in total. The summed E-state index contributed by atoms with van der Waals surface area (Å²) in [6.07, 6.45) is -0.553. The standard InChI is InChI=1S/C21H30N2O4S/c1-15(2)13-23(28(26,27)18-9-10-20(24)16(3)11-18)14-21(25)19(22)12-17-7-5-4-6-8-17/h4-11,15,19,21,24-25H,12-14,22H2,1-3H3/t19-,21+/m0/s1. The highest BCUT2D eigenvalue weighted by Gasteiger charge is 2.29. The second-order valence-electron chi connectivity index (χ2n) is 7.59. The summed E-state index contributed by atoms with van der Waals surface area (Å²) < 4.78 is 27.6. The third kappa shape index (κ3) is 5.78. The van der Waals surface area contributed by atoms with Crippen LogP contribution in [0.15, 0.2) is 53.4 Å². The molecule has 0 aromatic heterocycles. The molecule has 0 spiro atoms. The van der Waals surface area contributed by atoms with Gasteiger partial charge in [0.2, 0.25) is 10.0 Å². The molecule has 28 heavy (non-hydrogen) atoms. The summed E-state index contributed by atoms with van der Waals surface area (Å²) in [4.78, 5) is 0.0901. The first kappa shape index (κ1) is 22.4. The van der Waals surface area contributed by atoms with Gasteiger partial charge in [-0.2, -0.15) is 4.31 Å². The Hall–Kier alpha value is -1.93. The summed E-state index contributed by atoms with van der Waals surface area (Å²) in [7, 11) is -3.83. The number of rotatable bonds is 9. The molecule has 0 radical (unpaired) electrons. The molecule has 2 aromatic rings. The number of aromatic hydroxyl groups is 1. The van der Waals surface area contributed by atoms with E-state index in [1.807, 2.05) is 44.2 Å². The number of hydrogen-bond acceptors (Lipinski definition) is 5. The zero-order chi connectivity index (χ0) is 20.9. The van der Waals surface area contributed by atoms with Crippen LogP contribution in [-0.4, -0.2) is 48.2 Å². The molecule has 0 saturated carbocycles. The third-order valence-electron chi connectivity index (χ3n) is 4.57. The maximum atomic E-state index is 13.1. The second-order valence-corrected chi connectivity index (χ2v) is 9.52. The van der Waals surface area contributed by atoms with Crippen molar-refractivity contribution in [3.8, 4) is 5.75 Å². The lowest BCUT2D eigenvalue weighted by Crippen LogP contribution is -2.47. The summed E-state index contributed by atoms with van der Waals surface area (Å²) >= 11 is 0. The largest absolute Gasteiger partial charge is 0.508 e. The second kappa shape index (κ2) is 9.52. The number of nitrogens with zero attached hydrogens (tertiary/aromatic N) is 1. The molecule has 0 heterocycles. The zero-order valence-electron chi connectivity index (χ0n) is 16.6. The van der Waals surface area contributed by atoms with E-state index >= 15 is 0 Å². The Kier molecular flexibility index (Phi) is 7.60. The van der Waals surface area contributed by atoms with Gasteiger partial charge in [-0.05, 0) is 48.6 Å². The average molecular weight is 407 g/mol. The Labute approximate surface area is 167 Å². The summed E-state index contributed by atoms with van der Waals surface area (Å²) in [5.74, 6) is 0.116. The molecular formula is C21H30N2O4S. The Balaban J connectivity index is 2.21. The van der Waals surface area contributed by atoms with E-state index in [1.54, 1.807) is 6.92 Å². The van der Waals surface area contributed by atoms with E-state index in [4.69, 9.17) is 5.73 Å². The van der Waals surface area contributed by atoms with Crippen LogP contribution in [0.4, 0.5) is 0 Å². The molecule has 2 atom stereocenters. The van der Waals surface area contributed by atoms with Gasteiger partial charge in [0, 0.05) is 19.1 Å². The van der Waals surface area contributed by atoms with E-state index in [2.05, 4.69) is 0 Å². The maximum Gasteiger partial charge on any atom is 0.243 e. The van der Waals surface area contributed by atoms with Crippen LogP contribution in [0.25, 0.3) is 0 Å². The normalized spacial score (nSPS) is 14.4. The highest BCUT2D eigenvalue weighted by atomic mass is 32.2. The number of phenols is 1. The van der Waals surface area contributed by atoms with Crippen LogP contribution in [0.1, 0.15) is 25.0 Å². The van der Waals surface area contributed by atoms with Crippen molar-refractivity contribution in [1.82, 2.24) is 4.31 Å². The van der Waals surface area contributed by atoms with Crippen LogP contribution in [0.5, 0.6) is 5.75 Å². The van der Waals surface area contributed by atoms with Gasteiger partial charge in [0.1, 0.15) is 5.75 Å². The molecule has 2 aromatic carbocycles. The van der Waals surface area contributed by atoms with Gasteiger partial charge in [0.25, 0.3) is 0 Å². The first-order valence-electron chi connectivity index (χ1n) is 9.38. The van der Waals surface area contributed by atoms with Gasteiger partial charge in [0.05, 0.1) is 11.0 Å². The molecule has 0 unspecified atom stereocenters. The Morgan fingerprint density at radius 2 is 1.71 bits per heavy atom. The van der Waals surface area contributed by atoms with E-state index in [-0.39, 0.29) is 29.7 Å². The quantitative estimate of drug-likeness (QED) is 0.593. The zero-order valence-corrected chi connectivity index (χ0v) is 17.4. The summed E-state index contributed by atoms with van der Waals surface area (Å²) in [6, 6.07) is 13.1. The van der Waals surface area contributed by atoms with Crippen molar-refractivity contribution >= 4 is 10.0 Å². The number of sulfonamides is 1. The smallest absolute Gasteiger partial charge is 0.243 e. The molecule has 0 aliphatic carbocycles. The lowest BCUT2D eigenvalue weighted by atomic mass is 10.0. The topological polar surface area (TPSA) is 104 Å². The fourth-order valence-corrected chi connectivity index (χ4v) is 4.69. The van der Waals surface area contributed by atoms with Crippen molar-refractivity contribution in [2.75, 3.05) is 13.1 Å². The van der Waals surface area contributed by atoms with E-state index in [0.717, 1.165) is 5.56 Å². The summed E-state index contributed by atoms with van der Waals surface area (Å²) in [5, 5.41) is 20.3. The minimum absolute atomic E-state index is 0.0410. The fourth-order valence-electron chi connectivity index (χ4n) is 2.98. The Bertz CT molecular complexity index is 869. The van der Waals surface area contributed by atoms with Crippen molar-refractivity contribution in [1.29, 1.82) is 0 Å². The monoisotopic (exact) mass is 406 g/mol. The molecule has 0 amide bonds. The van der Waals surface area contributed by atoms with E-state index in [1.165, 1.54) is 22.5 Å². The Morgan fingerprint density at radius 1 is 1.07 bits per heavy atom. The van der Waals surface area contributed by atoms with E-state index in [0.29, 0.717) is 12.0 Å². The van der Waals surface area contributed by atoms with Crippen LogP contribution in [0.3, 0.4) is 0 Å². The molecule has 6 nitrogen and oxygen atoms in total. The number of aryl methyl sites for hydroxylation is 1. The Morgan fingerprint density at radius 3 is 2.29 bits per heavy atom. The number of phenolic OH excluding ortho intramolecular Hbond substituents is 1.